The topological polar surface area (TPSA) is 120 Å². The lowest BCUT2D eigenvalue weighted by molar-refractivity contribution is -0.124. The molecule has 0 aliphatic heterocycles. The number of nitrogens with one attached hydrogen (secondary N) is 3. The van der Waals surface area contributed by atoms with Gasteiger partial charge in [-0.05, 0) is 50.3 Å². The lowest BCUT2D eigenvalue weighted by atomic mass is 10.00. The molecule has 5 N–H and O–H groups in total. The fraction of sp³-hybridized carbons (Fsp3) is 0.375. The minimum Gasteiger partial charge on any atom is -0.444 e. The average Bonchev–Trinajstić information content (AvgIpc) is 2.94. The minimum atomic E-state index is -1.03. The Balaban J connectivity index is 1.74. The summed E-state index contributed by atoms with van der Waals surface area (Å²) in [6, 6.07) is 26.5. The first kappa shape index (κ1) is 30.8. The number of aliphatic hydroxyl groups is 2. The van der Waals surface area contributed by atoms with Crippen molar-refractivity contribution in [3.05, 3.63) is 108 Å². The largest absolute Gasteiger partial charge is 0.444 e. The van der Waals surface area contributed by atoms with Crippen LogP contribution in [0.1, 0.15) is 43.5 Å². The second kappa shape index (κ2) is 15.2. The van der Waals surface area contributed by atoms with Gasteiger partial charge in [0.15, 0.2) is 0 Å². The van der Waals surface area contributed by atoms with Gasteiger partial charge >= 0.3 is 6.09 Å². The SMILES string of the molecule is CC(C)(C)OC(=O)NC(Cc1ccccc1)C(O)CNC(Cc1ccccc1)C(=O)NC(CO)c1ccccc1. The Labute approximate surface area is 236 Å². The summed E-state index contributed by atoms with van der Waals surface area (Å²) in [7, 11) is 0. The van der Waals surface area contributed by atoms with Crippen LogP contribution in [0.2, 0.25) is 0 Å². The van der Waals surface area contributed by atoms with Crippen molar-refractivity contribution < 1.29 is 24.5 Å². The second-order valence-electron chi connectivity index (χ2n) is 10.8. The molecule has 0 aliphatic rings. The second-order valence-corrected chi connectivity index (χ2v) is 10.8. The van der Waals surface area contributed by atoms with Crippen molar-refractivity contribution in [2.24, 2.45) is 0 Å². The van der Waals surface area contributed by atoms with Gasteiger partial charge in [0.2, 0.25) is 5.91 Å². The molecule has 214 valence electrons. The molecule has 2 amide bonds. The van der Waals surface area contributed by atoms with Gasteiger partial charge in [-0.15, -0.1) is 0 Å². The molecule has 40 heavy (non-hydrogen) atoms. The molecule has 4 atom stereocenters. The van der Waals surface area contributed by atoms with Crippen molar-refractivity contribution >= 4 is 12.0 Å². The Bertz CT molecular complexity index is 1170. The molecule has 0 fully saturated rings. The summed E-state index contributed by atoms with van der Waals surface area (Å²) in [4.78, 5) is 26.0. The highest BCUT2D eigenvalue weighted by molar-refractivity contribution is 5.82. The number of hydrogen-bond acceptors (Lipinski definition) is 6. The monoisotopic (exact) mass is 547 g/mol. The van der Waals surface area contributed by atoms with Gasteiger partial charge in [-0.3, -0.25) is 4.79 Å². The van der Waals surface area contributed by atoms with Crippen molar-refractivity contribution in [3.63, 3.8) is 0 Å². The Kier molecular flexibility index (Phi) is 11.7. The summed E-state index contributed by atoms with van der Waals surface area (Å²) in [6.45, 7) is 5.11. The summed E-state index contributed by atoms with van der Waals surface area (Å²) >= 11 is 0. The Morgan fingerprint density at radius 2 is 1.32 bits per heavy atom. The molecular formula is C32H41N3O5. The van der Waals surface area contributed by atoms with E-state index in [2.05, 4.69) is 16.0 Å². The van der Waals surface area contributed by atoms with Gasteiger partial charge < -0.3 is 30.9 Å². The molecule has 0 saturated carbocycles. The van der Waals surface area contributed by atoms with E-state index in [4.69, 9.17) is 4.74 Å². The van der Waals surface area contributed by atoms with E-state index >= 15 is 0 Å². The highest BCUT2D eigenvalue weighted by atomic mass is 16.6. The molecule has 4 unspecified atom stereocenters. The van der Waals surface area contributed by atoms with Crippen LogP contribution in [0, 0.1) is 0 Å². The predicted octanol–water partition coefficient (Wildman–Crippen LogP) is 3.53. The molecule has 0 spiro atoms. The number of carbonyl (C=O) groups is 2. The first-order chi connectivity index (χ1) is 19.1. The van der Waals surface area contributed by atoms with E-state index in [9.17, 15) is 19.8 Å². The van der Waals surface area contributed by atoms with Crippen molar-refractivity contribution in [1.82, 2.24) is 16.0 Å². The number of benzene rings is 3. The Hall–Kier alpha value is -3.72. The van der Waals surface area contributed by atoms with Gasteiger partial charge in [0.25, 0.3) is 0 Å². The summed E-state index contributed by atoms with van der Waals surface area (Å²) in [5.41, 5.74) is 1.99. The van der Waals surface area contributed by atoms with Gasteiger partial charge in [0, 0.05) is 6.54 Å². The van der Waals surface area contributed by atoms with Crippen LogP contribution in [0.5, 0.6) is 0 Å². The number of aliphatic hydroxyl groups excluding tert-OH is 2. The molecule has 0 bridgehead atoms. The smallest absolute Gasteiger partial charge is 0.407 e. The zero-order chi connectivity index (χ0) is 29.0. The third kappa shape index (κ3) is 10.4. The molecule has 0 aromatic heterocycles. The molecule has 3 rings (SSSR count). The van der Waals surface area contributed by atoms with Crippen LogP contribution in [0.15, 0.2) is 91.0 Å². The number of hydrogen-bond donors (Lipinski definition) is 5. The standard InChI is InChI=1S/C32H41N3O5/c1-32(2,3)40-31(39)35-26(19-23-13-7-4-8-14-23)29(37)21-33-27(20-24-15-9-5-10-16-24)30(38)34-28(22-36)25-17-11-6-12-18-25/h4-18,26-29,33,36-37H,19-22H2,1-3H3,(H,34,38)(H,35,39). The van der Waals surface area contributed by atoms with Gasteiger partial charge in [-0.2, -0.15) is 0 Å². The van der Waals surface area contributed by atoms with Gasteiger partial charge in [-0.25, -0.2) is 4.79 Å². The maximum atomic E-state index is 13.4. The summed E-state index contributed by atoms with van der Waals surface area (Å²) in [5, 5.41) is 30.1. The van der Waals surface area contributed by atoms with E-state index in [1.54, 1.807) is 20.8 Å². The first-order valence-electron chi connectivity index (χ1n) is 13.6. The average molecular weight is 548 g/mol. The number of alkyl carbamates (subject to hydrolysis) is 1. The van der Waals surface area contributed by atoms with E-state index in [0.29, 0.717) is 12.8 Å². The molecule has 8 nitrogen and oxygen atoms in total. The van der Waals surface area contributed by atoms with Crippen molar-refractivity contribution in [2.75, 3.05) is 13.2 Å². The van der Waals surface area contributed by atoms with E-state index in [0.717, 1.165) is 16.7 Å². The number of amides is 2. The number of carbonyl (C=O) groups excluding carboxylic acids is 2. The predicted molar refractivity (Wildman–Crippen MR) is 156 cm³/mol. The molecule has 8 heteroatoms. The van der Waals surface area contributed by atoms with Crippen LogP contribution in [-0.2, 0) is 22.4 Å². The summed E-state index contributed by atoms with van der Waals surface area (Å²) in [5.74, 6) is -0.307. The molecular weight excluding hydrogens is 506 g/mol. The first-order valence-corrected chi connectivity index (χ1v) is 13.6. The molecule has 0 saturated heterocycles. The molecule has 0 heterocycles. The summed E-state index contributed by atoms with van der Waals surface area (Å²) in [6.07, 6.45) is -0.907. The van der Waals surface area contributed by atoms with Crippen LogP contribution in [0.4, 0.5) is 4.79 Å². The lowest BCUT2D eigenvalue weighted by Gasteiger charge is -2.29. The zero-order valence-electron chi connectivity index (χ0n) is 23.4. The van der Waals surface area contributed by atoms with Crippen molar-refractivity contribution in [1.29, 1.82) is 0 Å². The van der Waals surface area contributed by atoms with E-state index in [1.165, 1.54) is 0 Å². The normalized spacial score (nSPS) is 14.4. The highest BCUT2D eigenvalue weighted by Crippen LogP contribution is 2.14. The maximum Gasteiger partial charge on any atom is 0.407 e. The summed E-state index contributed by atoms with van der Waals surface area (Å²) < 4.78 is 5.43. The van der Waals surface area contributed by atoms with Crippen LogP contribution < -0.4 is 16.0 Å². The van der Waals surface area contributed by atoms with Crippen LogP contribution in [0.25, 0.3) is 0 Å². The fourth-order valence-corrected chi connectivity index (χ4v) is 4.31. The number of rotatable bonds is 13. The molecule has 0 aliphatic carbocycles. The third-order valence-electron chi connectivity index (χ3n) is 6.34. The highest BCUT2D eigenvalue weighted by Gasteiger charge is 2.28. The van der Waals surface area contributed by atoms with E-state index in [1.807, 2.05) is 91.0 Å². The Morgan fingerprint density at radius 3 is 1.85 bits per heavy atom. The van der Waals surface area contributed by atoms with Gasteiger partial charge in [0.1, 0.15) is 5.60 Å². The Morgan fingerprint density at radius 1 is 0.800 bits per heavy atom. The van der Waals surface area contributed by atoms with Crippen molar-refractivity contribution in [3.8, 4) is 0 Å². The molecule has 3 aromatic carbocycles. The van der Waals surface area contributed by atoms with Gasteiger partial charge in [0.05, 0.1) is 30.8 Å². The number of ether oxygens (including phenoxy) is 1. The third-order valence-corrected chi connectivity index (χ3v) is 6.34. The van der Waals surface area contributed by atoms with Gasteiger partial charge in [-0.1, -0.05) is 91.0 Å². The van der Waals surface area contributed by atoms with Crippen LogP contribution >= 0.6 is 0 Å². The zero-order valence-corrected chi connectivity index (χ0v) is 23.4. The molecule has 0 radical (unpaired) electrons. The lowest BCUT2D eigenvalue weighted by Crippen LogP contribution is -2.54. The van der Waals surface area contributed by atoms with Crippen LogP contribution in [0.3, 0.4) is 0 Å². The minimum absolute atomic E-state index is 0.0351. The van der Waals surface area contributed by atoms with Crippen LogP contribution in [-0.4, -0.2) is 59.2 Å². The molecule has 3 aromatic rings. The maximum absolute atomic E-state index is 13.4. The van der Waals surface area contributed by atoms with E-state index in [-0.39, 0.29) is 19.1 Å². The van der Waals surface area contributed by atoms with E-state index < -0.39 is 35.9 Å². The van der Waals surface area contributed by atoms with Crippen molar-refractivity contribution in [2.45, 2.75) is 63.4 Å². The fourth-order valence-electron chi connectivity index (χ4n) is 4.31. The quantitative estimate of drug-likeness (QED) is 0.223.